The second kappa shape index (κ2) is 6.65. The SMILES string of the molecule is CCNc1cnccc1C(=O)NCc1ccc(C)nc1. The third kappa shape index (κ3) is 3.54. The molecule has 2 N–H and O–H groups in total. The fourth-order valence-corrected chi connectivity index (χ4v) is 1.80. The summed E-state index contributed by atoms with van der Waals surface area (Å²) in [5.41, 5.74) is 3.28. The Morgan fingerprint density at radius 2 is 2.10 bits per heavy atom. The number of pyridine rings is 2. The summed E-state index contributed by atoms with van der Waals surface area (Å²) in [7, 11) is 0. The molecule has 104 valence electrons. The zero-order valence-electron chi connectivity index (χ0n) is 11.7. The van der Waals surface area contributed by atoms with Crippen LogP contribution in [0, 0.1) is 6.92 Å². The highest BCUT2D eigenvalue weighted by atomic mass is 16.1. The number of hydrogen-bond acceptors (Lipinski definition) is 4. The number of amides is 1. The molecular weight excluding hydrogens is 252 g/mol. The van der Waals surface area contributed by atoms with Crippen LogP contribution < -0.4 is 10.6 Å². The summed E-state index contributed by atoms with van der Waals surface area (Å²) < 4.78 is 0. The Hall–Kier alpha value is -2.43. The average molecular weight is 270 g/mol. The maximum Gasteiger partial charge on any atom is 0.253 e. The van der Waals surface area contributed by atoms with Crippen LogP contribution in [0.3, 0.4) is 0 Å². The predicted octanol–water partition coefficient (Wildman–Crippen LogP) is 2.15. The van der Waals surface area contributed by atoms with Crippen LogP contribution in [0.15, 0.2) is 36.8 Å². The summed E-state index contributed by atoms with van der Waals surface area (Å²) in [6, 6.07) is 5.60. The predicted molar refractivity (Wildman–Crippen MR) is 78.5 cm³/mol. The molecule has 2 aromatic rings. The van der Waals surface area contributed by atoms with Gasteiger partial charge in [0.1, 0.15) is 0 Å². The third-order valence-corrected chi connectivity index (χ3v) is 2.86. The first-order chi connectivity index (χ1) is 9.70. The minimum Gasteiger partial charge on any atom is -0.383 e. The van der Waals surface area contributed by atoms with E-state index in [0.717, 1.165) is 23.5 Å². The van der Waals surface area contributed by atoms with Crippen molar-refractivity contribution in [1.29, 1.82) is 0 Å². The number of anilines is 1. The Morgan fingerprint density at radius 1 is 1.25 bits per heavy atom. The molecule has 0 aromatic carbocycles. The van der Waals surface area contributed by atoms with Crippen LogP contribution in [0.4, 0.5) is 5.69 Å². The first-order valence-electron chi connectivity index (χ1n) is 6.58. The minimum atomic E-state index is -0.121. The van der Waals surface area contributed by atoms with Crippen LogP contribution in [0.1, 0.15) is 28.5 Å². The Bertz CT molecular complexity index is 581. The van der Waals surface area contributed by atoms with Crippen LogP contribution >= 0.6 is 0 Å². The van der Waals surface area contributed by atoms with Gasteiger partial charge in [-0.05, 0) is 31.5 Å². The van der Waals surface area contributed by atoms with E-state index >= 15 is 0 Å². The molecule has 5 nitrogen and oxygen atoms in total. The second-order valence-corrected chi connectivity index (χ2v) is 4.44. The number of nitrogens with one attached hydrogen (secondary N) is 2. The maximum absolute atomic E-state index is 12.2. The van der Waals surface area contributed by atoms with E-state index in [2.05, 4.69) is 20.6 Å². The molecule has 0 aliphatic carbocycles. The molecule has 5 heteroatoms. The molecular formula is C15H18N4O. The van der Waals surface area contributed by atoms with Crippen molar-refractivity contribution in [3.63, 3.8) is 0 Å². The van der Waals surface area contributed by atoms with Gasteiger partial charge in [-0.15, -0.1) is 0 Å². The van der Waals surface area contributed by atoms with E-state index in [0.29, 0.717) is 12.1 Å². The van der Waals surface area contributed by atoms with E-state index in [1.54, 1.807) is 24.7 Å². The van der Waals surface area contributed by atoms with E-state index in [1.165, 1.54) is 0 Å². The topological polar surface area (TPSA) is 66.9 Å². The standard InChI is InChI=1S/C15H18N4O/c1-3-17-14-10-16-7-6-13(14)15(20)19-9-12-5-4-11(2)18-8-12/h4-8,10,17H,3,9H2,1-2H3,(H,19,20). The minimum absolute atomic E-state index is 0.121. The van der Waals surface area contributed by atoms with Gasteiger partial charge in [0, 0.05) is 31.2 Å². The van der Waals surface area contributed by atoms with Crippen LogP contribution in [-0.2, 0) is 6.54 Å². The molecule has 1 amide bonds. The summed E-state index contributed by atoms with van der Waals surface area (Å²) in [5, 5.41) is 6.01. The first kappa shape index (κ1) is 14.0. The molecule has 2 heterocycles. The molecule has 2 aromatic heterocycles. The normalized spacial score (nSPS) is 10.1. The fraction of sp³-hybridized carbons (Fsp3) is 0.267. The monoisotopic (exact) mass is 270 g/mol. The van der Waals surface area contributed by atoms with Gasteiger partial charge >= 0.3 is 0 Å². The second-order valence-electron chi connectivity index (χ2n) is 4.44. The highest BCUT2D eigenvalue weighted by Crippen LogP contribution is 2.13. The zero-order valence-corrected chi connectivity index (χ0v) is 11.7. The maximum atomic E-state index is 12.2. The Balaban J connectivity index is 2.03. The Morgan fingerprint density at radius 3 is 2.80 bits per heavy atom. The molecule has 0 aliphatic heterocycles. The number of rotatable bonds is 5. The van der Waals surface area contributed by atoms with E-state index in [1.807, 2.05) is 26.0 Å². The fourth-order valence-electron chi connectivity index (χ4n) is 1.80. The van der Waals surface area contributed by atoms with Gasteiger partial charge < -0.3 is 10.6 Å². The van der Waals surface area contributed by atoms with Crippen molar-refractivity contribution in [2.45, 2.75) is 20.4 Å². The van der Waals surface area contributed by atoms with Gasteiger partial charge in [-0.25, -0.2) is 0 Å². The third-order valence-electron chi connectivity index (χ3n) is 2.86. The van der Waals surface area contributed by atoms with Crippen molar-refractivity contribution in [2.24, 2.45) is 0 Å². The first-order valence-corrected chi connectivity index (χ1v) is 6.58. The Labute approximate surface area is 118 Å². The van der Waals surface area contributed by atoms with E-state index in [9.17, 15) is 4.79 Å². The van der Waals surface area contributed by atoms with Crippen molar-refractivity contribution in [2.75, 3.05) is 11.9 Å². The van der Waals surface area contributed by atoms with Gasteiger partial charge in [0.25, 0.3) is 5.91 Å². The van der Waals surface area contributed by atoms with Gasteiger partial charge in [-0.2, -0.15) is 0 Å². The molecule has 0 saturated carbocycles. The molecule has 0 aliphatic rings. The van der Waals surface area contributed by atoms with Crippen LogP contribution in [0.5, 0.6) is 0 Å². The number of carbonyl (C=O) groups is 1. The lowest BCUT2D eigenvalue weighted by Crippen LogP contribution is -2.24. The molecule has 0 saturated heterocycles. The lowest BCUT2D eigenvalue weighted by Gasteiger charge is -2.10. The number of aromatic nitrogens is 2. The molecule has 0 spiro atoms. The largest absolute Gasteiger partial charge is 0.383 e. The van der Waals surface area contributed by atoms with E-state index in [-0.39, 0.29) is 5.91 Å². The summed E-state index contributed by atoms with van der Waals surface area (Å²) in [5.74, 6) is -0.121. The van der Waals surface area contributed by atoms with Crippen molar-refractivity contribution < 1.29 is 4.79 Å². The van der Waals surface area contributed by atoms with Crippen molar-refractivity contribution in [3.05, 3.63) is 53.6 Å². The van der Waals surface area contributed by atoms with Crippen LogP contribution in [0.2, 0.25) is 0 Å². The molecule has 0 unspecified atom stereocenters. The van der Waals surface area contributed by atoms with E-state index < -0.39 is 0 Å². The van der Waals surface area contributed by atoms with Gasteiger partial charge in [0.05, 0.1) is 17.4 Å². The van der Waals surface area contributed by atoms with E-state index in [4.69, 9.17) is 0 Å². The number of hydrogen-bond donors (Lipinski definition) is 2. The van der Waals surface area contributed by atoms with Crippen molar-refractivity contribution in [1.82, 2.24) is 15.3 Å². The lowest BCUT2D eigenvalue weighted by molar-refractivity contribution is 0.0951. The van der Waals surface area contributed by atoms with Crippen LogP contribution in [-0.4, -0.2) is 22.4 Å². The summed E-state index contributed by atoms with van der Waals surface area (Å²) >= 11 is 0. The summed E-state index contributed by atoms with van der Waals surface area (Å²) in [6.07, 6.45) is 5.04. The van der Waals surface area contributed by atoms with Gasteiger partial charge in [-0.1, -0.05) is 6.07 Å². The molecule has 2 rings (SSSR count). The quantitative estimate of drug-likeness (QED) is 0.873. The molecule has 0 fully saturated rings. The zero-order chi connectivity index (χ0) is 14.4. The highest BCUT2D eigenvalue weighted by Gasteiger charge is 2.10. The number of nitrogens with zero attached hydrogens (tertiary/aromatic N) is 2. The van der Waals surface area contributed by atoms with Crippen molar-refractivity contribution >= 4 is 11.6 Å². The van der Waals surface area contributed by atoms with Gasteiger partial charge in [0.15, 0.2) is 0 Å². The Kier molecular flexibility index (Phi) is 4.65. The molecule has 20 heavy (non-hydrogen) atoms. The molecule has 0 atom stereocenters. The smallest absolute Gasteiger partial charge is 0.253 e. The highest BCUT2D eigenvalue weighted by molar-refractivity contribution is 5.99. The lowest BCUT2D eigenvalue weighted by atomic mass is 10.2. The summed E-state index contributed by atoms with van der Waals surface area (Å²) in [6.45, 7) is 5.11. The van der Waals surface area contributed by atoms with Crippen LogP contribution in [0.25, 0.3) is 0 Å². The number of carbonyl (C=O) groups excluding carboxylic acids is 1. The molecule has 0 bridgehead atoms. The molecule has 0 radical (unpaired) electrons. The average Bonchev–Trinajstić information content (AvgIpc) is 2.47. The van der Waals surface area contributed by atoms with Gasteiger partial charge in [-0.3, -0.25) is 14.8 Å². The van der Waals surface area contributed by atoms with Gasteiger partial charge in [0.2, 0.25) is 0 Å². The number of aryl methyl sites for hydroxylation is 1. The summed E-state index contributed by atoms with van der Waals surface area (Å²) in [4.78, 5) is 20.4. The van der Waals surface area contributed by atoms with Crippen molar-refractivity contribution in [3.8, 4) is 0 Å².